The van der Waals surface area contributed by atoms with Crippen LogP contribution in [0.15, 0.2) is 29.4 Å². The molecule has 0 fully saturated rings. The molecular weight excluding hydrogens is 295 g/mol. The second-order valence-electron chi connectivity index (χ2n) is 2.56. The number of halogens is 1. The van der Waals surface area contributed by atoms with Gasteiger partial charge in [-0.1, -0.05) is 5.16 Å². The topological polar surface area (TPSA) is 63.8 Å². The van der Waals surface area contributed by atoms with Crippen molar-refractivity contribution in [2.75, 3.05) is 5.32 Å². The summed E-state index contributed by atoms with van der Waals surface area (Å²) in [5, 5.41) is 6.91. The summed E-state index contributed by atoms with van der Waals surface area (Å²) >= 11 is 2.17. The third-order valence-electron chi connectivity index (χ3n) is 1.60. The summed E-state index contributed by atoms with van der Waals surface area (Å²) in [7, 11) is 0. The van der Waals surface area contributed by atoms with Crippen molar-refractivity contribution in [3.8, 4) is 0 Å². The molecule has 2 rings (SSSR count). The molecule has 6 heteroatoms. The van der Waals surface area contributed by atoms with Crippen LogP contribution in [0.25, 0.3) is 0 Å². The van der Waals surface area contributed by atoms with Gasteiger partial charge in [-0.25, -0.2) is 9.97 Å². The number of nitrogens with one attached hydrogen (secondary N) is 1. The summed E-state index contributed by atoms with van der Waals surface area (Å²) in [4.78, 5) is 7.99. The molecule has 72 valence electrons. The van der Waals surface area contributed by atoms with Crippen molar-refractivity contribution in [1.82, 2.24) is 15.1 Å². The summed E-state index contributed by atoms with van der Waals surface area (Å²) in [6.07, 6.45) is 4.80. The molecule has 0 aromatic carbocycles. The van der Waals surface area contributed by atoms with E-state index in [1.165, 1.54) is 6.33 Å². The van der Waals surface area contributed by atoms with E-state index < -0.39 is 0 Å². The van der Waals surface area contributed by atoms with Crippen LogP contribution in [0.3, 0.4) is 0 Å². The number of hydrogen-bond donors (Lipinski definition) is 1. The minimum absolute atomic E-state index is 0.601. The average molecular weight is 302 g/mol. The normalized spacial score (nSPS) is 10.1. The van der Waals surface area contributed by atoms with E-state index in [1.807, 2.05) is 0 Å². The van der Waals surface area contributed by atoms with Crippen LogP contribution in [0.1, 0.15) is 5.69 Å². The van der Waals surface area contributed by atoms with E-state index in [2.05, 4.69) is 43.0 Å². The predicted octanol–water partition coefficient (Wildman–Crippen LogP) is 1.68. The molecule has 0 aliphatic rings. The van der Waals surface area contributed by atoms with Crippen LogP contribution >= 0.6 is 22.6 Å². The van der Waals surface area contributed by atoms with Crippen molar-refractivity contribution in [3.63, 3.8) is 0 Å². The lowest BCUT2D eigenvalue weighted by Gasteiger charge is -2.03. The Morgan fingerprint density at radius 3 is 3.14 bits per heavy atom. The summed E-state index contributed by atoms with van der Waals surface area (Å²) in [5.74, 6) is 0.809. The fraction of sp³-hybridized carbons (Fsp3) is 0.125. The smallest absolute Gasteiger partial charge is 0.143 e. The Bertz CT molecular complexity index is 403. The van der Waals surface area contributed by atoms with Gasteiger partial charge in [0.15, 0.2) is 0 Å². The van der Waals surface area contributed by atoms with Gasteiger partial charge in [-0.3, -0.25) is 0 Å². The average Bonchev–Trinajstić information content (AvgIpc) is 2.69. The molecular formula is C8H7IN4O. The first-order valence-electron chi connectivity index (χ1n) is 3.95. The van der Waals surface area contributed by atoms with E-state index in [1.54, 1.807) is 18.5 Å². The molecule has 0 spiro atoms. The Hall–Kier alpha value is -1.18. The molecule has 0 saturated carbocycles. The molecule has 14 heavy (non-hydrogen) atoms. The largest absolute Gasteiger partial charge is 0.364 e. The summed E-state index contributed by atoms with van der Waals surface area (Å²) in [6, 6.07) is 1.81. The lowest BCUT2D eigenvalue weighted by molar-refractivity contribution is 0.412. The fourth-order valence-electron chi connectivity index (χ4n) is 0.946. The lowest BCUT2D eigenvalue weighted by Crippen LogP contribution is -2.03. The molecule has 0 atom stereocenters. The summed E-state index contributed by atoms with van der Waals surface area (Å²) < 4.78 is 5.69. The van der Waals surface area contributed by atoms with Crippen LogP contribution < -0.4 is 5.32 Å². The van der Waals surface area contributed by atoms with Crippen molar-refractivity contribution in [3.05, 3.63) is 34.1 Å². The predicted molar refractivity (Wildman–Crippen MR) is 58.6 cm³/mol. The molecule has 0 bridgehead atoms. The molecule has 0 saturated heterocycles. The molecule has 5 nitrogen and oxygen atoms in total. The quantitative estimate of drug-likeness (QED) is 0.874. The second-order valence-corrected chi connectivity index (χ2v) is 3.73. The van der Waals surface area contributed by atoms with Crippen molar-refractivity contribution < 1.29 is 4.52 Å². The Kier molecular flexibility index (Phi) is 2.92. The SMILES string of the molecule is Ic1cncnc1NCc1ccon1. The van der Waals surface area contributed by atoms with Crippen LogP contribution in [-0.4, -0.2) is 15.1 Å². The van der Waals surface area contributed by atoms with Crippen LogP contribution in [0.5, 0.6) is 0 Å². The van der Waals surface area contributed by atoms with E-state index in [9.17, 15) is 0 Å². The van der Waals surface area contributed by atoms with E-state index >= 15 is 0 Å². The fourth-order valence-corrected chi connectivity index (χ4v) is 1.44. The monoisotopic (exact) mass is 302 g/mol. The lowest BCUT2D eigenvalue weighted by atomic mass is 10.4. The van der Waals surface area contributed by atoms with Gasteiger partial charge in [0.05, 0.1) is 10.1 Å². The van der Waals surface area contributed by atoms with E-state index in [-0.39, 0.29) is 0 Å². The number of nitrogens with zero attached hydrogens (tertiary/aromatic N) is 3. The zero-order valence-electron chi connectivity index (χ0n) is 7.14. The molecule has 2 aromatic heterocycles. The highest BCUT2D eigenvalue weighted by Crippen LogP contribution is 2.12. The summed E-state index contributed by atoms with van der Waals surface area (Å²) in [5.41, 5.74) is 0.847. The Morgan fingerprint density at radius 1 is 1.50 bits per heavy atom. The minimum atomic E-state index is 0.601. The van der Waals surface area contributed by atoms with E-state index in [0.717, 1.165) is 15.1 Å². The first kappa shape index (κ1) is 9.38. The number of rotatable bonds is 3. The van der Waals surface area contributed by atoms with Gasteiger partial charge >= 0.3 is 0 Å². The van der Waals surface area contributed by atoms with Crippen LogP contribution in [-0.2, 0) is 6.54 Å². The third kappa shape index (κ3) is 2.19. The molecule has 0 amide bonds. The van der Waals surface area contributed by atoms with Gasteiger partial charge in [0.25, 0.3) is 0 Å². The third-order valence-corrected chi connectivity index (χ3v) is 2.39. The highest BCUT2D eigenvalue weighted by molar-refractivity contribution is 14.1. The maximum absolute atomic E-state index is 4.71. The van der Waals surface area contributed by atoms with Crippen LogP contribution in [0, 0.1) is 3.57 Å². The maximum Gasteiger partial charge on any atom is 0.143 e. The molecule has 0 aliphatic carbocycles. The Labute approximate surface area is 94.1 Å². The van der Waals surface area contributed by atoms with Gasteiger partial charge in [-0.15, -0.1) is 0 Å². The van der Waals surface area contributed by atoms with Crippen molar-refractivity contribution >= 4 is 28.4 Å². The van der Waals surface area contributed by atoms with Gasteiger partial charge in [-0.2, -0.15) is 0 Å². The van der Waals surface area contributed by atoms with Crippen molar-refractivity contribution in [1.29, 1.82) is 0 Å². The van der Waals surface area contributed by atoms with Crippen LogP contribution in [0.4, 0.5) is 5.82 Å². The van der Waals surface area contributed by atoms with Gasteiger partial charge in [-0.05, 0) is 22.6 Å². The standard InChI is InChI=1S/C8H7IN4O/c9-7-4-10-5-12-8(7)11-3-6-1-2-14-13-6/h1-2,4-5H,3H2,(H,10,11,12). The summed E-state index contributed by atoms with van der Waals surface area (Å²) in [6.45, 7) is 0.601. The highest BCUT2D eigenvalue weighted by atomic mass is 127. The molecule has 1 N–H and O–H groups in total. The Morgan fingerprint density at radius 2 is 2.43 bits per heavy atom. The zero-order valence-corrected chi connectivity index (χ0v) is 9.30. The van der Waals surface area contributed by atoms with Gasteiger partial charge in [0.2, 0.25) is 0 Å². The highest BCUT2D eigenvalue weighted by Gasteiger charge is 2.01. The molecule has 0 unspecified atom stereocenters. The first-order chi connectivity index (χ1) is 6.86. The number of hydrogen-bond acceptors (Lipinski definition) is 5. The van der Waals surface area contributed by atoms with Gasteiger partial charge in [0, 0.05) is 12.3 Å². The van der Waals surface area contributed by atoms with E-state index in [0.29, 0.717) is 6.54 Å². The number of aromatic nitrogens is 3. The van der Waals surface area contributed by atoms with Gasteiger partial charge in [0.1, 0.15) is 24.1 Å². The Balaban J connectivity index is 2.02. The first-order valence-corrected chi connectivity index (χ1v) is 5.03. The number of anilines is 1. The molecule has 2 heterocycles. The molecule has 0 radical (unpaired) electrons. The van der Waals surface area contributed by atoms with Crippen LogP contribution in [0.2, 0.25) is 0 Å². The second kappa shape index (κ2) is 4.36. The molecule has 2 aromatic rings. The minimum Gasteiger partial charge on any atom is -0.364 e. The van der Waals surface area contributed by atoms with Gasteiger partial charge < -0.3 is 9.84 Å². The zero-order chi connectivity index (χ0) is 9.80. The maximum atomic E-state index is 4.71. The molecule has 0 aliphatic heterocycles. The van der Waals surface area contributed by atoms with E-state index in [4.69, 9.17) is 4.52 Å². The van der Waals surface area contributed by atoms with Crippen molar-refractivity contribution in [2.45, 2.75) is 6.54 Å². The van der Waals surface area contributed by atoms with Crippen molar-refractivity contribution in [2.24, 2.45) is 0 Å².